The maximum atomic E-state index is 12.7. The highest BCUT2D eigenvalue weighted by molar-refractivity contribution is 7.83. The van der Waals surface area contributed by atoms with Crippen molar-refractivity contribution in [2.24, 2.45) is 0 Å². The summed E-state index contributed by atoms with van der Waals surface area (Å²) in [6.45, 7) is 1.98. The average Bonchev–Trinajstić information content (AvgIpc) is 3.00. The highest BCUT2D eigenvalue weighted by Crippen LogP contribution is 2.30. The summed E-state index contributed by atoms with van der Waals surface area (Å²) < 4.78 is 15.8. The molecule has 1 N–H and O–H groups in total. The van der Waals surface area contributed by atoms with Crippen LogP contribution in [0, 0.1) is 6.92 Å². The SMILES string of the molecule is Cc1ccc(S(=O)N[C@H](C2=CCCC2=O)c2ccc(Cl)cc2)cc1. The quantitative estimate of drug-likeness (QED) is 0.865. The number of Topliss-reactive ketones (excluding diaryl/α,β-unsaturated/α-hetero) is 1. The van der Waals surface area contributed by atoms with E-state index in [1.165, 1.54) is 0 Å². The Hall–Kier alpha value is -1.75. The fourth-order valence-corrected chi connectivity index (χ4v) is 3.82. The zero-order chi connectivity index (χ0) is 17.1. The van der Waals surface area contributed by atoms with Gasteiger partial charge in [0.05, 0.1) is 10.9 Å². The first-order valence-electron chi connectivity index (χ1n) is 7.78. The maximum absolute atomic E-state index is 12.7. The van der Waals surface area contributed by atoms with Crippen molar-refractivity contribution in [2.75, 3.05) is 0 Å². The third-order valence-corrected chi connectivity index (χ3v) is 5.43. The molecule has 0 radical (unpaired) electrons. The summed E-state index contributed by atoms with van der Waals surface area (Å²) in [5, 5.41) is 0.629. The van der Waals surface area contributed by atoms with Gasteiger partial charge in [-0.05, 0) is 43.2 Å². The number of allylic oxidation sites excluding steroid dienone is 1. The second-order valence-corrected chi connectivity index (χ2v) is 7.49. The molecule has 2 aromatic carbocycles. The molecule has 0 bridgehead atoms. The monoisotopic (exact) mass is 359 g/mol. The van der Waals surface area contributed by atoms with Gasteiger partial charge in [-0.3, -0.25) is 4.79 Å². The Morgan fingerprint density at radius 1 is 1.08 bits per heavy atom. The van der Waals surface area contributed by atoms with E-state index < -0.39 is 17.0 Å². The van der Waals surface area contributed by atoms with Gasteiger partial charge in [0, 0.05) is 17.0 Å². The van der Waals surface area contributed by atoms with Crippen molar-refractivity contribution in [1.82, 2.24) is 4.72 Å². The number of hydrogen-bond acceptors (Lipinski definition) is 2. The lowest BCUT2D eigenvalue weighted by atomic mass is 9.98. The Balaban J connectivity index is 1.90. The third kappa shape index (κ3) is 3.83. The van der Waals surface area contributed by atoms with Gasteiger partial charge in [0.25, 0.3) is 0 Å². The summed E-state index contributed by atoms with van der Waals surface area (Å²) in [7, 11) is -1.41. The Bertz CT molecular complexity index is 797. The van der Waals surface area contributed by atoms with E-state index >= 15 is 0 Å². The molecule has 0 amide bonds. The predicted octanol–water partition coefficient (Wildman–Crippen LogP) is 4.29. The van der Waals surface area contributed by atoms with Gasteiger partial charge in [-0.25, -0.2) is 8.93 Å². The molecule has 0 spiro atoms. The minimum absolute atomic E-state index is 0.100. The molecule has 0 saturated heterocycles. The minimum Gasteiger partial charge on any atom is -0.294 e. The average molecular weight is 360 g/mol. The normalized spacial score (nSPS) is 16.8. The van der Waals surface area contributed by atoms with Crippen LogP contribution in [-0.4, -0.2) is 9.99 Å². The first-order chi connectivity index (χ1) is 11.5. The van der Waals surface area contributed by atoms with Crippen LogP contribution >= 0.6 is 11.6 Å². The largest absolute Gasteiger partial charge is 0.294 e. The highest BCUT2D eigenvalue weighted by Gasteiger charge is 2.27. The van der Waals surface area contributed by atoms with Crippen LogP contribution in [0.15, 0.2) is 65.1 Å². The van der Waals surface area contributed by atoms with Crippen LogP contribution in [0.1, 0.15) is 30.0 Å². The second kappa shape index (κ2) is 7.43. The van der Waals surface area contributed by atoms with Crippen molar-refractivity contribution in [1.29, 1.82) is 0 Å². The molecular weight excluding hydrogens is 342 g/mol. The van der Waals surface area contributed by atoms with E-state index in [1.54, 1.807) is 12.1 Å². The summed E-state index contributed by atoms with van der Waals surface area (Å²) in [6.07, 6.45) is 3.18. The highest BCUT2D eigenvalue weighted by atomic mass is 35.5. The first kappa shape index (κ1) is 17.1. The molecule has 2 aromatic rings. The van der Waals surface area contributed by atoms with E-state index in [4.69, 9.17) is 11.6 Å². The van der Waals surface area contributed by atoms with E-state index in [1.807, 2.05) is 49.4 Å². The smallest absolute Gasteiger partial charge is 0.160 e. The van der Waals surface area contributed by atoms with E-state index in [0.29, 0.717) is 21.9 Å². The topological polar surface area (TPSA) is 46.2 Å². The molecule has 0 heterocycles. The molecule has 5 heteroatoms. The second-order valence-electron chi connectivity index (χ2n) is 5.81. The lowest BCUT2D eigenvalue weighted by Crippen LogP contribution is -2.27. The van der Waals surface area contributed by atoms with Gasteiger partial charge in [-0.15, -0.1) is 0 Å². The number of aryl methyl sites for hydroxylation is 1. The van der Waals surface area contributed by atoms with Gasteiger partial charge in [0.15, 0.2) is 5.78 Å². The molecule has 24 heavy (non-hydrogen) atoms. The van der Waals surface area contributed by atoms with Crippen LogP contribution in [0.25, 0.3) is 0 Å². The molecule has 1 aliphatic rings. The number of carbonyl (C=O) groups excluding carboxylic acids is 1. The Morgan fingerprint density at radius 2 is 1.75 bits per heavy atom. The summed E-state index contributed by atoms with van der Waals surface area (Å²) in [5.74, 6) is 0.100. The summed E-state index contributed by atoms with van der Waals surface area (Å²) >= 11 is 5.96. The van der Waals surface area contributed by atoms with Gasteiger partial charge < -0.3 is 0 Å². The third-order valence-electron chi connectivity index (χ3n) is 4.03. The van der Waals surface area contributed by atoms with Crippen molar-refractivity contribution >= 4 is 28.4 Å². The molecule has 0 saturated carbocycles. The van der Waals surface area contributed by atoms with E-state index in [-0.39, 0.29) is 5.78 Å². The fraction of sp³-hybridized carbons (Fsp3) is 0.211. The Morgan fingerprint density at radius 3 is 2.33 bits per heavy atom. The molecule has 2 atom stereocenters. The van der Waals surface area contributed by atoms with Crippen LogP contribution in [0.4, 0.5) is 0 Å². The molecule has 124 valence electrons. The van der Waals surface area contributed by atoms with E-state index in [0.717, 1.165) is 17.5 Å². The number of rotatable bonds is 5. The lowest BCUT2D eigenvalue weighted by molar-refractivity contribution is -0.115. The van der Waals surface area contributed by atoms with Crippen LogP contribution in [0.2, 0.25) is 5.02 Å². The molecule has 1 aliphatic carbocycles. The van der Waals surface area contributed by atoms with Crippen molar-refractivity contribution < 1.29 is 9.00 Å². The molecule has 3 rings (SSSR count). The number of nitrogens with one attached hydrogen (secondary N) is 1. The minimum atomic E-state index is -1.41. The summed E-state index contributed by atoms with van der Waals surface area (Å²) in [4.78, 5) is 12.9. The van der Waals surface area contributed by atoms with Gasteiger partial charge >= 0.3 is 0 Å². The zero-order valence-electron chi connectivity index (χ0n) is 13.3. The number of ketones is 1. The Labute approximate surface area is 149 Å². The number of carbonyl (C=O) groups is 1. The zero-order valence-corrected chi connectivity index (χ0v) is 14.9. The number of halogens is 1. The lowest BCUT2D eigenvalue weighted by Gasteiger charge is -2.19. The molecule has 1 unspecified atom stereocenters. The predicted molar refractivity (Wildman–Crippen MR) is 97.2 cm³/mol. The van der Waals surface area contributed by atoms with E-state index in [9.17, 15) is 9.00 Å². The first-order valence-corrected chi connectivity index (χ1v) is 9.31. The van der Waals surface area contributed by atoms with Crippen LogP contribution in [0.3, 0.4) is 0 Å². The molecule has 0 aromatic heterocycles. The van der Waals surface area contributed by atoms with Gasteiger partial charge in [0.1, 0.15) is 11.0 Å². The van der Waals surface area contributed by atoms with Crippen molar-refractivity contribution in [2.45, 2.75) is 30.7 Å². The van der Waals surface area contributed by atoms with Crippen LogP contribution in [-0.2, 0) is 15.8 Å². The number of benzene rings is 2. The van der Waals surface area contributed by atoms with Gasteiger partial charge in [-0.1, -0.05) is 47.5 Å². The van der Waals surface area contributed by atoms with Crippen LogP contribution in [0.5, 0.6) is 0 Å². The molecular formula is C19H18ClNO2S. The molecule has 0 aliphatic heterocycles. The summed E-state index contributed by atoms with van der Waals surface area (Å²) in [5.41, 5.74) is 2.66. The van der Waals surface area contributed by atoms with Gasteiger partial charge in [-0.2, -0.15) is 0 Å². The maximum Gasteiger partial charge on any atom is 0.160 e. The van der Waals surface area contributed by atoms with Crippen molar-refractivity contribution in [3.8, 4) is 0 Å². The Kier molecular flexibility index (Phi) is 5.29. The summed E-state index contributed by atoms with van der Waals surface area (Å²) in [6, 6.07) is 14.4. The fourth-order valence-electron chi connectivity index (χ4n) is 2.70. The van der Waals surface area contributed by atoms with E-state index in [2.05, 4.69) is 4.72 Å². The molecule has 3 nitrogen and oxygen atoms in total. The van der Waals surface area contributed by atoms with Crippen LogP contribution < -0.4 is 4.72 Å². The van der Waals surface area contributed by atoms with Gasteiger partial charge in [0.2, 0.25) is 0 Å². The van der Waals surface area contributed by atoms with Crippen molar-refractivity contribution in [3.05, 3.63) is 76.3 Å². The standard InChI is InChI=1S/C19H18ClNO2S/c1-13-5-11-16(12-6-13)24(23)21-19(17-3-2-4-18(17)22)14-7-9-15(20)10-8-14/h3,5-12,19,21H,2,4H2,1H3/t19-,24?/m0/s1. The molecule has 0 fully saturated rings. The number of hydrogen-bond donors (Lipinski definition) is 1. The van der Waals surface area contributed by atoms with Crippen molar-refractivity contribution in [3.63, 3.8) is 0 Å².